The molecule has 162 valence electrons. The standard InChI is InChI=1S/C21H38BN5O2/c1-16(2)27(15-17-8-7-10-26(14-17)11-9-23)19-24-12-18(13-25-19)22-28-20(3,4)21(5,6)29-22/h12-13,16-17H,7-11,14-15,23H2,1-6H3/t17-/m1/s1. The van der Waals surface area contributed by atoms with Crippen LogP contribution in [0.1, 0.15) is 54.4 Å². The van der Waals surface area contributed by atoms with E-state index in [0.717, 1.165) is 44.1 Å². The van der Waals surface area contributed by atoms with Gasteiger partial charge in [0.25, 0.3) is 0 Å². The van der Waals surface area contributed by atoms with Gasteiger partial charge in [-0.25, -0.2) is 9.97 Å². The molecule has 0 saturated carbocycles. The second kappa shape index (κ2) is 8.88. The molecule has 2 N–H and O–H groups in total. The monoisotopic (exact) mass is 403 g/mol. The van der Waals surface area contributed by atoms with Crippen molar-refractivity contribution in [1.29, 1.82) is 0 Å². The molecule has 2 aliphatic heterocycles. The van der Waals surface area contributed by atoms with E-state index in [-0.39, 0.29) is 11.2 Å². The Bertz CT molecular complexity index is 650. The van der Waals surface area contributed by atoms with E-state index in [9.17, 15) is 0 Å². The smallest absolute Gasteiger partial charge is 0.399 e. The summed E-state index contributed by atoms with van der Waals surface area (Å²) < 4.78 is 12.2. The molecule has 1 aromatic rings. The molecule has 7 nitrogen and oxygen atoms in total. The highest BCUT2D eigenvalue weighted by Gasteiger charge is 2.52. The van der Waals surface area contributed by atoms with Crippen LogP contribution in [0.2, 0.25) is 0 Å². The predicted octanol–water partition coefficient (Wildman–Crippen LogP) is 1.66. The summed E-state index contributed by atoms with van der Waals surface area (Å²) in [5.41, 5.74) is 5.89. The highest BCUT2D eigenvalue weighted by atomic mass is 16.7. The van der Waals surface area contributed by atoms with Crippen LogP contribution < -0.4 is 16.1 Å². The highest BCUT2D eigenvalue weighted by molar-refractivity contribution is 6.61. The molecule has 0 spiro atoms. The summed E-state index contributed by atoms with van der Waals surface area (Å²) in [6, 6.07) is 0.336. The molecule has 0 amide bonds. The van der Waals surface area contributed by atoms with E-state index in [1.807, 2.05) is 12.4 Å². The number of rotatable bonds is 7. The van der Waals surface area contributed by atoms with Crippen molar-refractivity contribution >= 4 is 18.5 Å². The number of nitrogens with two attached hydrogens (primary N) is 1. The van der Waals surface area contributed by atoms with Crippen LogP contribution in [0.25, 0.3) is 0 Å². The van der Waals surface area contributed by atoms with Crippen molar-refractivity contribution in [1.82, 2.24) is 14.9 Å². The predicted molar refractivity (Wildman–Crippen MR) is 118 cm³/mol. The average molecular weight is 403 g/mol. The highest BCUT2D eigenvalue weighted by Crippen LogP contribution is 2.36. The van der Waals surface area contributed by atoms with E-state index in [4.69, 9.17) is 15.0 Å². The van der Waals surface area contributed by atoms with Crippen LogP contribution in [0.5, 0.6) is 0 Å². The van der Waals surface area contributed by atoms with Crippen LogP contribution in [0.3, 0.4) is 0 Å². The van der Waals surface area contributed by atoms with E-state index in [0.29, 0.717) is 12.0 Å². The van der Waals surface area contributed by atoms with Gasteiger partial charge in [-0.15, -0.1) is 0 Å². The first-order valence-electron chi connectivity index (χ1n) is 11.0. The second-order valence-corrected chi connectivity index (χ2v) is 9.75. The zero-order valence-electron chi connectivity index (χ0n) is 19.0. The number of hydrogen-bond acceptors (Lipinski definition) is 7. The molecule has 0 bridgehead atoms. The lowest BCUT2D eigenvalue weighted by Crippen LogP contribution is -2.45. The Morgan fingerprint density at radius 2 is 1.83 bits per heavy atom. The summed E-state index contributed by atoms with van der Waals surface area (Å²) in [6.07, 6.45) is 6.18. The van der Waals surface area contributed by atoms with Crippen LogP contribution in [-0.2, 0) is 9.31 Å². The van der Waals surface area contributed by atoms with Crippen molar-refractivity contribution < 1.29 is 9.31 Å². The quantitative estimate of drug-likeness (QED) is 0.694. The van der Waals surface area contributed by atoms with Gasteiger partial charge in [0.1, 0.15) is 0 Å². The fourth-order valence-corrected chi connectivity index (χ4v) is 4.07. The van der Waals surface area contributed by atoms with Crippen LogP contribution in [0, 0.1) is 5.92 Å². The number of anilines is 1. The van der Waals surface area contributed by atoms with Crippen molar-refractivity contribution in [3.8, 4) is 0 Å². The minimum Gasteiger partial charge on any atom is -0.399 e. The molecular formula is C21H38BN5O2. The number of nitrogens with zero attached hydrogens (tertiary/aromatic N) is 4. The number of piperidine rings is 1. The summed E-state index contributed by atoms with van der Waals surface area (Å²) >= 11 is 0. The summed E-state index contributed by atoms with van der Waals surface area (Å²) in [7, 11) is -0.426. The number of likely N-dealkylation sites (tertiary alicyclic amines) is 1. The van der Waals surface area contributed by atoms with Crippen LogP contribution in [0.4, 0.5) is 5.95 Å². The second-order valence-electron chi connectivity index (χ2n) is 9.75. The Kier molecular flexibility index (Phi) is 6.88. The minimum atomic E-state index is -0.426. The maximum absolute atomic E-state index is 6.12. The van der Waals surface area contributed by atoms with Gasteiger partial charge in [0, 0.05) is 50.1 Å². The molecule has 3 heterocycles. The third-order valence-corrected chi connectivity index (χ3v) is 6.57. The topological polar surface area (TPSA) is 76.7 Å². The molecule has 2 fully saturated rings. The van der Waals surface area contributed by atoms with Crippen molar-refractivity contribution in [2.24, 2.45) is 11.7 Å². The molecule has 3 rings (SSSR count). The normalized spacial score (nSPS) is 24.3. The van der Waals surface area contributed by atoms with Gasteiger partial charge in [-0.1, -0.05) is 0 Å². The van der Waals surface area contributed by atoms with Gasteiger partial charge in [-0.05, 0) is 66.8 Å². The Labute approximate surface area is 176 Å². The molecule has 2 aliphatic rings. The van der Waals surface area contributed by atoms with Gasteiger partial charge < -0.3 is 24.8 Å². The number of aromatic nitrogens is 2. The van der Waals surface area contributed by atoms with Crippen LogP contribution in [-0.4, -0.2) is 72.0 Å². The first-order chi connectivity index (χ1) is 13.6. The number of hydrogen-bond donors (Lipinski definition) is 1. The van der Waals surface area contributed by atoms with E-state index in [1.54, 1.807) is 0 Å². The first kappa shape index (κ1) is 22.5. The third-order valence-electron chi connectivity index (χ3n) is 6.57. The van der Waals surface area contributed by atoms with E-state index in [1.165, 1.54) is 12.8 Å². The lowest BCUT2D eigenvalue weighted by Gasteiger charge is -2.37. The molecule has 0 unspecified atom stereocenters. The van der Waals surface area contributed by atoms with E-state index in [2.05, 4.69) is 61.3 Å². The lowest BCUT2D eigenvalue weighted by molar-refractivity contribution is 0.00578. The molecule has 1 atom stereocenters. The maximum atomic E-state index is 6.12. The van der Waals surface area contributed by atoms with E-state index < -0.39 is 7.12 Å². The average Bonchev–Trinajstić information content (AvgIpc) is 2.88. The van der Waals surface area contributed by atoms with Gasteiger partial charge in [-0.3, -0.25) is 0 Å². The Morgan fingerprint density at radius 3 is 2.38 bits per heavy atom. The van der Waals surface area contributed by atoms with Gasteiger partial charge in [0.05, 0.1) is 11.2 Å². The van der Waals surface area contributed by atoms with Crippen LogP contribution >= 0.6 is 0 Å². The molecule has 0 aliphatic carbocycles. The Balaban J connectivity index is 1.68. The van der Waals surface area contributed by atoms with Gasteiger partial charge in [0.15, 0.2) is 0 Å². The maximum Gasteiger partial charge on any atom is 0.498 e. The summed E-state index contributed by atoms with van der Waals surface area (Å²) in [4.78, 5) is 14.2. The zero-order valence-corrected chi connectivity index (χ0v) is 19.0. The fourth-order valence-electron chi connectivity index (χ4n) is 4.07. The van der Waals surface area contributed by atoms with Crippen LogP contribution in [0.15, 0.2) is 12.4 Å². The molecule has 2 saturated heterocycles. The zero-order chi connectivity index (χ0) is 21.2. The molecular weight excluding hydrogens is 365 g/mol. The van der Waals surface area contributed by atoms with Crippen molar-refractivity contribution in [3.05, 3.63) is 12.4 Å². The van der Waals surface area contributed by atoms with Crippen molar-refractivity contribution in [2.45, 2.75) is 71.6 Å². The Morgan fingerprint density at radius 1 is 1.21 bits per heavy atom. The third kappa shape index (κ3) is 5.10. The molecule has 1 aromatic heterocycles. The minimum absolute atomic E-state index is 0.336. The summed E-state index contributed by atoms with van der Waals surface area (Å²) in [5, 5.41) is 0. The fraction of sp³-hybridized carbons (Fsp3) is 0.810. The van der Waals surface area contributed by atoms with Crippen molar-refractivity contribution in [3.63, 3.8) is 0 Å². The molecule has 0 radical (unpaired) electrons. The van der Waals surface area contributed by atoms with Gasteiger partial charge in [0.2, 0.25) is 5.95 Å². The van der Waals surface area contributed by atoms with Crippen molar-refractivity contribution in [2.75, 3.05) is 37.6 Å². The molecule has 29 heavy (non-hydrogen) atoms. The van der Waals surface area contributed by atoms with Gasteiger partial charge in [-0.2, -0.15) is 0 Å². The molecule has 8 heteroatoms. The van der Waals surface area contributed by atoms with E-state index >= 15 is 0 Å². The molecule has 0 aromatic carbocycles. The summed E-state index contributed by atoms with van der Waals surface area (Å²) in [6.45, 7) is 17.6. The summed E-state index contributed by atoms with van der Waals surface area (Å²) in [5.74, 6) is 1.39. The largest absolute Gasteiger partial charge is 0.498 e. The first-order valence-corrected chi connectivity index (χ1v) is 11.0. The Hall–Kier alpha value is -1.22. The van der Waals surface area contributed by atoms with Gasteiger partial charge >= 0.3 is 7.12 Å². The SMILES string of the molecule is CC(C)N(C[C@@H]1CCCN(CCN)C1)c1ncc(B2OC(C)(C)C(C)(C)O2)cn1. The lowest BCUT2D eigenvalue weighted by atomic mass is 9.81.